The van der Waals surface area contributed by atoms with Gasteiger partial charge in [0.15, 0.2) is 0 Å². The molecule has 2 aromatic rings. The Morgan fingerprint density at radius 3 is 2.48 bits per heavy atom. The zero-order chi connectivity index (χ0) is 16.2. The number of hydrazone groups is 1. The van der Waals surface area contributed by atoms with Crippen molar-refractivity contribution in [3.8, 4) is 0 Å². The first-order valence-corrected chi connectivity index (χ1v) is 7.15. The Labute approximate surface area is 132 Å². The first-order chi connectivity index (χ1) is 11.1. The van der Waals surface area contributed by atoms with Crippen LogP contribution in [0.5, 0.6) is 0 Å². The highest BCUT2D eigenvalue weighted by Crippen LogP contribution is 2.15. The lowest BCUT2D eigenvalue weighted by atomic mass is 10.0. The zero-order valence-electron chi connectivity index (χ0n) is 12.2. The minimum atomic E-state index is -0.482. The zero-order valence-corrected chi connectivity index (χ0v) is 12.2. The number of benzene rings is 2. The Balaban J connectivity index is 1.73. The molecule has 3 rings (SSSR count). The molecule has 116 valence electrons. The van der Waals surface area contributed by atoms with Crippen molar-refractivity contribution in [3.63, 3.8) is 0 Å². The van der Waals surface area contributed by atoms with Crippen molar-refractivity contribution in [2.24, 2.45) is 5.10 Å². The summed E-state index contributed by atoms with van der Waals surface area (Å²) in [4.78, 5) is 23.2. The highest BCUT2D eigenvalue weighted by atomic mass is 19.1. The van der Waals surface area contributed by atoms with E-state index in [2.05, 4.69) is 15.8 Å². The van der Waals surface area contributed by atoms with Gasteiger partial charge in [0.2, 0.25) is 5.91 Å². The van der Waals surface area contributed by atoms with Crippen LogP contribution in [0.15, 0.2) is 53.6 Å². The van der Waals surface area contributed by atoms with Crippen LogP contribution in [0.1, 0.15) is 28.8 Å². The molecule has 1 aliphatic rings. The maximum atomic E-state index is 13.5. The number of amides is 2. The summed E-state index contributed by atoms with van der Waals surface area (Å²) in [6, 6.07) is 12.8. The molecule has 0 bridgehead atoms. The summed E-state index contributed by atoms with van der Waals surface area (Å²) in [5.74, 6) is -0.972. The third-order valence-electron chi connectivity index (χ3n) is 3.51. The van der Waals surface area contributed by atoms with E-state index in [-0.39, 0.29) is 17.5 Å². The van der Waals surface area contributed by atoms with Crippen molar-refractivity contribution in [2.75, 3.05) is 5.32 Å². The van der Waals surface area contributed by atoms with Gasteiger partial charge in [-0.2, -0.15) is 5.10 Å². The molecule has 0 atom stereocenters. The molecule has 1 aliphatic heterocycles. The number of para-hydroxylation sites is 1. The fourth-order valence-electron chi connectivity index (χ4n) is 2.25. The predicted octanol–water partition coefficient (Wildman–Crippen LogP) is 2.69. The van der Waals surface area contributed by atoms with E-state index in [9.17, 15) is 14.0 Å². The van der Waals surface area contributed by atoms with Crippen molar-refractivity contribution in [1.29, 1.82) is 0 Å². The standard InChI is InChI=1S/C17H14FN3O2/c18-13-3-1-2-4-15(13)19-17(23)12-7-5-11(6-8-12)14-9-10-16(22)21-20-14/h1-8H,9-10H2,(H,19,23)(H,21,22). The number of carbonyl (C=O) groups is 2. The third-order valence-corrected chi connectivity index (χ3v) is 3.51. The molecular weight excluding hydrogens is 297 g/mol. The second-order valence-corrected chi connectivity index (χ2v) is 5.10. The van der Waals surface area contributed by atoms with E-state index in [1.54, 1.807) is 36.4 Å². The molecule has 0 spiro atoms. The molecule has 2 aromatic carbocycles. The molecule has 0 saturated carbocycles. The van der Waals surface area contributed by atoms with Crippen LogP contribution in [0.4, 0.5) is 10.1 Å². The van der Waals surface area contributed by atoms with Crippen molar-refractivity contribution >= 4 is 23.2 Å². The molecule has 0 saturated heterocycles. The van der Waals surface area contributed by atoms with Gasteiger partial charge in [-0.25, -0.2) is 9.82 Å². The Morgan fingerprint density at radius 2 is 1.83 bits per heavy atom. The Kier molecular flexibility index (Phi) is 4.14. The maximum absolute atomic E-state index is 13.5. The van der Waals surface area contributed by atoms with Gasteiger partial charge in [-0.15, -0.1) is 0 Å². The number of hydrogen-bond donors (Lipinski definition) is 2. The lowest BCUT2D eigenvalue weighted by molar-refractivity contribution is -0.121. The average Bonchev–Trinajstić information content (AvgIpc) is 2.58. The molecule has 23 heavy (non-hydrogen) atoms. The summed E-state index contributed by atoms with van der Waals surface area (Å²) in [6.07, 6.45) is 0.959. The smallest absolute Gasteiger partial charge is 0.255 e. The minimum Gasteiger partial charge on any atom is -0.319 e. The van der Waals surface area contributed by atoms with E-state index in [4.69, 9.17) is 0 Å². The molecule has 0 aromatic heterocycles. The van der Waals surface area contributed by atoms with Crippen molar-refractivity contribution in [3.05, 3.63) is 65.5 Å². The fourth-order valence-corrected chi connectivity index (χ4v) is 2.25. The summed E-state index contributed by atoms with van der Waals surface area (Å²) >= 11 is 0. The summed E-state index contributed by atoms with van der Waals surface area (Å²) in [6.45, 7) is 0. The monoisotopic (exact) mass is 311 g/mol. The highest BCUT2D eigenvalue weighted by Gasteiger charge is 2.14. The van der Waals surface area contributed by atoms with Crippen molar-refractivity contribution in [2.45, 2.75) is 12.8 Å². The second kappa shape index (κ2) is 6.39. The van der Waals surface area contributed by atoms with Crippen LogP contribution in [-0.4, -0.2) is 17.5 Å². The normalized spacial score (nSPS) is 14.0. The van der Waals surface area contributed by atoms with E-state index < -0.39 is 5.82 Å². The van der Waals surface area contributed by atoms with Gasteiger partial charge >= 0.3 is 0 Å². The highest BCUT2D eigenvalue weighted by molar-refractivity contribution is 6.07. The van der Waals surface area contributed by atoms with Crippen LogP contribution in [-0.2, 0) is 4.79 Å². The van der Waals surface area contributed by atoms with Crippen molar-refractivity contribution in [1.82, 2.24) is 5.43 Å². The molecule has 6 heteroatoms. The fraction of sp³-hybridized carbons (Fsp3) is 0.118. The van der Waals surface area contributed by atoms with E-state index in [0.717, 1.165) is 11.3 Å². The number of hydrogen-bond acceptors (Lipinski definition) is 3. The maximum Gasteiger partial charge on any atom is 0.255 e. The molecule has 2 amide bonds. The van der Waals surface area contributed by atoms with Gasteiger partial charge in [-0.05, 0) is 29.8 Å². The largest absolute Gasteiger partial charge is 0.319 e. The van der Waals surface area contributed by atoms with Crippen LogP contribution < -0.4 is 10.7 Å². The van der Waals surface area contributed by atoms with Crippen LogP contribution >= 0.6 is 0 Å². The van der Waals surface area contributed by atoms with Gasteiger partial charge in [0.05, 0.1) is 11.4 Å². The third kappa shape index (κ3) is 3.42. The van der Waals surface area contributed by atoms with Crippen LogP contribution in [0.25, 0.3) is 0 Å². The topological polar surface area (TPSA) is 70.6 Å². The summed E-state index contributed by atoms with van der Waals surface area (Å²) < 4.78 is 13.5. The van der Waals surface area contributed by atoms with Gasteiger partial charge in [0.25, 0.3) is 5.91 Å². The van der Waals surface area contributed by atoms with Crippen LogP contribution in [0, 0.1) is 5.82 Å². The average molecular weight is 311 g/mol. The minimum absolute atomic E-state index is 0.102. The van der Waals surface area contributed by atoms with Crippen molar-refractivity contribution < 1.29 is 14.0 Å². The lowest BCUT2D eigenvalue weighted by Gasteiger charge is -2.12. The summed E-state index contributed by atoms with van der Waals surface area (Å²) in [5, 5.41) is 6.53. The first-order valence-electron chi connectivity index (χ1n) is 7.15. The molecule has 0 unspecified atom stereocenters. The van der Waals surface area contributed by atoms with Gasteiger partial charge < -0.3 is 5.32 Å². The van der Waals surface area contributed by atoms with Crippen LogP contribution in [0.2, 0.25) is 0 Å². The predicted molar refractivity (Wildman–Crippen MR) is 84.7 cm³/mol. The molecule has 2 N–H and O–H groups in total. The lowest BCUT2D eigenvalue weighted by Crippen LogP contribution is -2.25. The van der Waals surface area contributed by atoms with Gasteiger partial charge in [0.1, 0.15) is 5.82 Å². The number of halogens is 1. The number of nitrogens with one attached hydrogen (secondary N) is 2. The van der Waals surface area contributed by atoms with Crippen LogP contribution in [0.3, 0.4) is 0 Å². The van der Waals surface area contributed by atoms with Gasteiger partial charge in [-0.1, -0.05) is 24.3 Å². The Hall–Kier alpha value is -3.02. The SMILES string of the molecule is O=C1CCC(c2ccc(C(=O)Nc3ccccc3F)cc2)=NN1. The second-order valence-electron chi connectivity index (χ2n) is 5.10. The Morgan fingerprint density at radius 1 is 1.09 bits per heavy atom. The first kappa shape index (κ1) is 14.9. The molecule has 0 radical (unpaired) electrons. The quantitative estimate of drug-likeness (QED) is 0.915. The molecular formula is C17H14FN3O2. The molecule has 0 fully saturated rings. The number of carbonyl (C=O) groups excluding carboxylic acids is 2. The van der Waals surface area contributed by atoms with E-state index in [0.29, 0.717) is 18.4 Å². The molecule has 5 nitrogen and oxygen atoms in total. The van der Waals surface area contributed by atoms with Gasteiger partial charge in [0, 0.05) is 18.4 Å². The summed E-state index contributed by atoms with van der Waals surface area (Å²) in [7, 11) is 0. The van der Waals surface area contributed by atoms with Gasteiger partial charge in [-0.3, -0.25) is 9.59 Å². The van der Waals surface area contributed by atoms with E-state index in [1.165, 1.54) is 12.1 Å². The van der Waals surface area contributed by atoms with E-state index >= 15 is 0 Å². The number of rotatable bonds is 3. The molecule has 1 heterocycles. The Bertz CT molecular complexity index is 785. The summed E-state index contributed by atoms with van der Waals surface area (Å²) in [5.41, 5.74) is 4.60. The van der Waals surface area contributed by atoms with E-state index in [1.807, 2.05) is 0 Å². The molecule has 0 aliphatic carbocycles. The number of nitrogens with zero attached hydrogens (tertiary/aromatic N) is 1. The number of anilines is 1.